The van der Waals surface area contributed by atoms with E-state index in [1.54, 1.807) is 0 Å². The highest BCUT2D eigenvalue weighted by atomic mass is 28.4. The first-order chi connectivity index (χ1) is 15.3. The molecule has 170 valence electrons. The van der Waals surface area contributed by atoms with Gasteiger partial charge in [0.1, 0.15) is 13.2 Å². The van der Waals surface area contributed by atoms with Crippen molar-refractivity contribution in [1.82, 2.24) is 10.2 Å². The molecule has 3 rings (SSSR count). The van der Waals surface area contributed by atoms with Crippen LogP contribution in [-0.2, 0) is 14.0 Å². The van der Waals surface area contributed by atoms with Crippen LogP contribution >= 0.6 is 0 Å². The summed E-state index contributed by atoms with van der Waals surface area (Å²) in [5.74, 6) is -0.220. The van der Waals surface area contributed by atoms with E-state index in [0.29, 0.717) is 13.2 Å². The molecule has 1 saturated heterocycles. The fraction of sp³-hybridized carbons (Fsp3) is 0.360. The smallest absolute Gasteiger partial charge is 0.410 e. The fourth-order valence-electron chi connectivity index (χ4n) is 4.27. The molecule has 0 aliphatic carbocycles. The summed E-state index contributed by atoms with van der Waals surface area (Å²) in [5.41, 5.74) is 0. The summed E-state index contributed by atoms with van der Waals surface area (Å²) >= 11 is 0. The number of hydrogen-bond acceptors (Lipinski definition) is 4. The molecular formula is C25H32N2O4Si. The van der Waals surface area contributed by atoms with Gasteiger partial charge in [-0.2, -0.15) is 0 Å². The molecule has 0 spiro atoms. The maximum atomic E-state index is 12.3. The van der Waals surface area contributed by atoms with Gasteiger partial charge in [0.05, 0.1) is 12.6 Å². The Kier molecular flexibility index (Phi) is 7.53. The van der Waals surface area contributed by atoms with Crippen LogP contribution < -0.4 is 15.7 Å². The molecule has 1 fully saturated rings. The summed E-state index contributed by atoms with van der Waals surface area (Å²) in [7, 11) is -2.72. The number of carbonyl (C=O) groups excluding carboxylic acids is 2. The van der Waals surface area contributed by atoms with E-state index in [2.05, 4.69) is 56.9 Å². The topological polar surface area (TPSA) is 67.9 Å². The van der Waals surface area contributed by atoms with Gasteiger partial charge in [-0.1, -0.05) is 94.1 Å². The fourth-order valence-corrected chi connectivity index (χ4v) is 8.87. The number of rotatable bonds is 7. The first-order valence-corrected chi connectivity index (χ1v) is 12.8. The summed E-state index contributed by atoms with van der Waals surface area (Å²) < 4.78 is 12.0. The minimum Gasteiger partial charge on any atom is -0.445 e. The Morgan fingerprint density at radius 1 is 1.12 bits per heavy atom. The average Bonchev–Trinajstić information content (AvgIpc) is 2.78. The Hall–Kier alpha value is -2.90. The summed E-state index contributed by atoms with van der Waals surface area (Å²) in [6.45, 7) is 10.9. The zero-order valence-electron chi connectivity index (χ0n) is 19.0. The number of ether oxygens (including phenoxy) is 1. The lowest BCUT2D eigenvalue weighted by atomic mass is 10.2. The standard InChI is InChI=1S/C25H32N2O4Si/c1-5-16-30-24(29)27-17-20(26-23(28)18-27)19-31-32(25(2,3)4,21-12-8-6-9-13-21)22-14-10-7-11-15-22/h5-15,20H,1,16-19H2,2-4H3,(H,26,28)/t20-/m1/s1. The van der Waals surface area contributed by atoms with Gasteiger partial charge in [0, 0.05) is 6.54 Å². The molecule has 1 N–H and O–H groups in total. The van der Waals surface area contributed by atoms with Crippen LogP contribution in [-0.4, -0.2) is 57.6 Å². The van der Waals surface area contributed by atoms with Crippen LogP contribution in [0.25, 0.3) is 0 Å². The number of nitrogens with one attached hydrogen (secondary N) is 1. The minimum absolute atomic E-state index is 0.0221. The van der Waals surface area contributed by atoms with Gasteiger partial charge in [0.2, 0.25) is 5.91 Å². The monoisotopic (exact) mass is 452 g/mol. The van der Waals surface area contributed by atoms with Gasteiger partial charge in [-0.15, -0.1) is 0 Å². The molecule has 2 amide bonds. The first kappa shape index (κ1) is 23.8. The quantitative estimate of drug-likeness (QED) is 0.518. The number of benzene rings is 2. The van der Waals surface area contributed by atoms with Crippen molar-refractivity contribution in [3.05, 3.63) is 73.3 Å². The van der Waals surface area contributed by atoms with Crippen molar-refractivity contribution in [3.8, 4) is 0 Å². The van der Waals surface area contributed by atoms with Crippen LogP contribution in [0.5, 0.6) is 0 Å². The Labute approximate surface area is 191 Å². The molecule has 6 nitrogen and oxygen atoms in total. The zero-order chi connectivity index (χ0) is 23.2. The highest BCUT2D eigenvalue weighted by Crippen LogP contribution is 2.36. The molecule has 0 bridgehead atoms. The van der Waals surface area contributed by atoms with E-state index in [4.69, 9.17) is 9.16 Å². The van der Waals surface area contributed by atoms with Crippen molar-refractivity contribution in [1.29, 1.82) is 0 Å². The molecule has 0 saturated carbocycles. The lowest BCUT2D eigenvalue weighted by Gasteiger charge is -2.44. The SMILES string of the molecule is C=CCOC(=O)N1CC(=O)N[C@@H](CO[Si](c2ccccc2)(c2ccccc2)C(C)(C)C)C1. The van der Waals surface area contributed by atoms with Crippen molar-refractivity contribution in [3.63, 3.8) is 0 Å². The number of carbonyl (C=O) groups is 2. The molecular weight excluding hydrogens is 420 g/mol. The van der Waals surface area contributed by atoms with Gasteiger partial charge in [0.15, 0.2) is 0 Å². The van der Waals surface area contributed by atoms with E-state index in [1.165, 1.54) is 21.3 Å². The van der Waals surface area contributed by atoms with Gasteiger partial charge in [0.25, 0.3) is 8.32 Å². The van der Waals surface area contributed by atoms with Crippen LogP contribution in [0.4, 0.5) is 4.79 Å². The third-order valence-corrected chi connectivity index (χ3v) is 10.6. The van der Waals surface area contributed by atoms with Crippen LogP contribution in [0.15, 0.2) is 73.3 Å². The van der Waals surface area contributed by atoms with Gasteiger partial charge >= 0.3 is 6.09 Å². The van der Waals surface area contributed by atoms with Crippen LogP contribution in [0, 0.1) is 0 Å². The zero-order valence-corrected chi connectivity index (χ0v) is 20.0. The lowest BCUT2D eigenvalue weighted by Crippen LogP contribution is -2.68. The first-order valence-electron chi connectivity index (χ1n) is 10.8. The predicted molar refractivity (Wildman–Crippen MR) is 129 cm³/mol. The van der Waals surface area contributed by atoms with Gasteiger partial charge in [-0.3, -0.25) is 9.69 Å². The van der Waals surface area contributed by atoms with E-state index >= 15 is 0 Å². The van der Waals surface area contributed by atoms with E-state index in [-0.39, 0.29) is 30.1 Å². The van der Waals surface area contributed by atoms with Crippen molar-refractivity contribution in [2.45, 2.75) is 31.9 Å². The maximum Gasteiger partial charge on any atom is 0.410 e. The molecule has 7 heteroatoms. The maximum absolute atomic E-state index is 12.3. The van der Waals surface area contributed by atoms with E-state index in [1.807, 2.05) is 36.4 Å². The molecule has 1 heterocycles. The van der Waals surface area contributed by atoms with Crippen LogP contribution in [0.2, 0.25) is 5.04 Å². The van der Waals surface area contributed by atoms with E-state index in [0.717, 1.165) is 0 Å². The van der Waals surface area contributed by atoms with Crippen molar-refractivity contribution >= 4 is 30.7 Å². The Balaban J connectivity index is 1.90. The van der Waals surface area contributed by atoms with Gasteiger partial charge < -0.3 is 14.5 Å². The predicted octanol–water partition coefficient (Wildman–Crippen LogP) is 2.69. The molecule has 1 atom stereocenters. The lowest BCUT2D eigenvalue weighted by molar-refractivity contribution is -0.125. The third kappa shape index (κ3) is 5.11. The molecule has 1 aliphatic rings. The van der Waals surface area contributed by atoms with Crippen LogP contribution in [0.1, 0.15) is 20.8 Å². The normalized spacial score (nSPS) is 16.9. The van der Waals surface area contributed by atoms with Crippen molar-refractivity contribution in [2.75, 3.05) is 26.3 Å². The summed E-state index contributed by atoms with van der Waals surface area (Å²) in [5, 5.41) is 5.14. The highest BCUT2D eigenvalue weighted by molar-refractivity contribution is 6.99. The summed E-state index contributed by atoms with van der Waals surface area (Å²) in [6.07, 6.45) is 0.987. The average molecular weight is 453 g/mol. The summed E-state index contributed by atoms with van der Waals surface area (Å²) in [4.78, 5) is 26.0. The minimum atomic E-state index is -2.72. The second-order valence-corrected chi connectivity index (χ2v) is 13.3. The van der Waals surface area contributed by atoms with E-state index in [9.17, 15) is 9.59 Å². The van der Waals surface area contributed by atoms with Crippen molar-refractivity contribution in [2.24, 2.45) is 0 Å². The number of nitrogens with zero attached hydrogens (tertiary/aromatic N) is 1. The van der Waals surface area contributed by atoms with Crippen LogP contribution in [0.3, 0.4) is 0 Å². The molecule has 0 aromatic heterocycles. The second-order valence-electron chi connectivity index (χ2n) is 8.98. The third-order valence-electron chi connectivity index (χ3n) is 5.64. The Bertz CT molecular complexity index is 888. The largest absolute Gasteiger partial charge is 0.445 e. The number of piperazine rings is 1. The van der Waals surface area contributed by atoms with E-state index < -0.39 is 14.4 Å². The molecule has 32 heavy (non-hydrogen) atoms. The number of amides is 2. The Morgan fingerprint density at radius 3 is 2.19 bits per heavy atom. The summed E-state index contributed by atoms with van der Waals surface area (Å²) in [6, 6.07) is 20.3. The number of hydrogen-bond donors (Lipinski definition) is 1. The van der Waals surface area contributed by atoms with Gasteiger partial charge in [-0.25, -0.2) is 4.79 Å². The molecule has 2 aromatic carbocycles. The van der Waals surface area contributed by atoms with Gasteiger partial charge in [-0.05, 0) is 15.4 Å². The second kappa shape index (κ2) is 10.1. The van der Waals surface area contributed by atoms with Crippen molar-refractivity contribution < 1.29 is 18.8 Å². The Morgan fingerprint density at radius 2 is 1.69 bits per heavy atom. The molecule has 0 radical (unpaired) electrons. The molecule has 0 unspecified atom stereocenters. The molecule has 2 aromatic rings. The molecule has 1 aliphatic heterocycles. The highest BCUT2D eigenvalue weighted by Gasteiger charge is 2.50.